The Morgan fingerprint density at radius 2 is 2.00 bits per heavy atom. The van der Waals surface area contributed by atoms with E-state index in [1.807, 2.05) is 0 Å². The quantitative estimate of drug-likeness (QED) is 0.309. The molecule has 0 aromatic heterocycles. The van der Waals surface area contributed by atoms with Crippen LogP contribution in [-0.4, -0.2) is 49.5 Å². The summed E-state index contributed by atoms with van der Waals surface area (Å²) in [5, 5.41) is 3.28. The Kier molecular flexibility index (Phi) is 7.39. The molecule has 0 bridgehead atoms. The molecule has 0 aliphatic rings. The highest BCUT2D eigenvalue weighted by atomic mass is 28.1. The topological polar surface area (TPSA) is 56.5 Å². The van der Waals surface area contributed by atoms with Gasteiger partial charge in [-0.2, -0.15) is 0 Å². The molecule has 0 radical (unpaired) electrons. The fraction of sp³-hybridized carbons (Fsp3) is 1.00. The van der Waals surface area contributed by atoms with Crippen LogP contribution in [0.25, 0.3) is 0 Å². The van der Waals surface area contributed by atoms with Gasteiger partial charge in [-0.05, 0) is 18.9 Å². The summed E-state index contributed by atoms with van der Waals surface area (Å²) in [6.45, 7) is 4.72. The molecule has 1 unspecified atom stereocenters. The first-order valence-electron chi connectivity index (χ1n) is 5.09. The zero-order valence-corrected chi connectivity index (χ0v) is 11.8. The molecular weight excluding hydrogens is 196 g/mol. The highest BCUT2D eigenvalue weighted by Crippen LogP contribution is 2.17. The van der Waals surface area contributed by atoms with Crippen molar-refractivity contribution in [3.8, 4) is 0 Å². The van der Waals surface area contributed by atoms with Gasteiger partial charge in [-0.1, -0.05) is 6.92 Å². The molecule has 0 amide bonds. The third-order valence-electron chi connectivity index (χ3n) is 2.40. The van der Waals surface area contributed by atoms with Crippen LogP contribution in [0, 0.1) is 5.92 Å². The maximum absolute atomic E-state index is 5.39. The molecule has 0 heterocycles. The van der Waals surface area contributed by atoms with Crippen LogP contribution >= 0.6 is 0 Å². The van der Waals surface area contributed by atoms with Crippen molar-refractivity contribution in [2.75, 3.05) is 33.9 Å². The van der Waals surface area contributed by atoms with Crippen molar-refractivity contribution in [2.45, 2.75) is 18.8 Å². The van der Waals surface area contributed by atoms with Crippen LogP contribution in [0.2, 0.25) is 0 Å². The van der Waals surface area contributed by atoms with Gasteiger partial charge < -0.3 is 20.5 Å². The van der Waals surface area contributed by atoms with Gasteiger partial charge in [-0.3, -0.25) is 0 Å². The third kappa shape index (κ3) is 5.72. The summed E-state index contributed by atoms with van der Waals surface area (Å²) in [6, 6.07) is 0. The molecule has 5 heteroatoms. The van der Waals surface area contributed by atoms with Crippen molar-refractivity contribution in [1.82, 2.24) is 5.32 Å². The molecule has 0 aliphatic heterocycles. The van der Waals surface area contributed by atoms with E-state index in [0.717, 1.165) is 29.8 Å². The van der Waals surface area contributed by atoms with Crippen LogP contribution in [0.5, 0.6) is 0 Å². The molecule has 0 saturated heterocycles. The van der Waals surface area contributed by atoms with E-state index in [9.17, 15) is 0 Å². The van der Waals surface area contributed by atoms with Crippen LogP contribution in [-0.2, 0) is 9.47 Å². The Balaban J connectivity index is 3.73. The van der Waals surface area contributed by atoms with E-state index in [2.05, 4.69) is 12.2 Å². The van der Waals surface area contributed by atoms with Crippen LogP contribution < -0.4 is 11.1 Å². The molecule has 0 aromatic carbocycles. The predicted molar refractivity (Wildman–Crippen MR) is 62.4 cm³/mol. The van der Waals surface area contributed by atoms with Crippen molar-refractivity contribution < 1.29 is 9.47 Å². The molecule has 0 rings (SSSR count). The second-order valence-electron chi connectivity index (χ2n) is 3.84. The first-order chi connectivity index (χ1) is 6.58. The minimum Gasteiger partial charge on any atom is -0.358 e. The van der Waals surface area contributed by atoms with Gasteiger partial charge in [0.15, 0.2) is 0 Å². The lowest BCUT2D eigenvalue weighted by Gasteiger charge is -2.29. The summed E-state index contributed by atoms with van der Waals surface area (Å²) >= 11 is 0. The first kappa shape index (κ1) is 14.1. The highest BCUT2D eigenvalue weighted by Gasteiger charge is 2.24. The molecule has 0 saturated carbocycles. The molecule has 0 aliphatic carbocycles. The Bertz CT molecular complexity index is 143. The molecule has 4 nitrogen and oxygen atoms in total. The second-order valence-corrected chi connectivity index (χ2v) is 5.37. The Hall–Kier alpha value is 0.0569. The zero-order chi connectivity index (χ0) is 11.0. The summed E-state index contributed by atoms with van der Waals surface area (Å²) in [7, 11) is 4.29. The largest absolute Gasteiger partial charge is 0.358 e. The minimum atomic E-state index is -0.330. The fourth-order valence-corrected chi connectivity index (χ4v) is 2.10. The third-order valence-corrected chi connectivity index (χ3v) is 3.62. The molecule has 0 aromatic rings. The van der Waals surface area contributed by atoms with Crippen LogP contribution in [0.15, 0.2) is 0 Å². The van der Waals surface area contributed by atoms with E-state index in [1.54, 1.807) is 14.2 Å². The lowest BCUT2D eigenvalue weighted by atomic mass is 10.1. The number of ether oxygens (including phenoxy) is 2. The van der Waals surface area contributed by atoms with Gasteiger partial charge >= 0.3 is 0 Å². The molecular formula is C9H24N2O2Si. The van der Waals surface area contributed by atoms with Crippen molar-refractivity contribution in [3.63, 3.8) is 0 Å². The van der Waals surface area contributed by atoms with E-state index in [-0.39, 0.29) is 5.41 Å². The van der Waals surface area contributed by atoms with Crippen molar-refractivity contribution in [1.29, 1.82) is 0 Å². The van der Waals surface area contributed by atoms with E-state index in [1.165, 1.54) is 0 Å². The number of hydrogen-bond donors (Lipinski definition) is 2. The summed E-state index contributed by atoms with van der Waals surface area (Å²) in [5.74, 6) is 0.541. The molecule has 1 atom stereocenters. The number of rotatable bonds is 8. The van der Waals surface area contributed by atoms with Gasteiger partial charge in [-0.25, -0.2) is 0 Å². The number of hydrogen-bond acceptors (Lipinski definition) is 4. The van der Waals surface area contributed by atoms with Crippen molar-refractivity contribution >= 4 is 10.2 Å². The Labute approximate surface area is 89.9 Å². The van der Waals surface area contributed by atoms with Gasteiger partial charge in [0.05, 0.1) is 10.2 Å². The lowest BCUT2D eigenvalue weighted by molar-refractivity contribution is -0.152. The molecule has 3 N–H and O–H groups in total. The minimum absolute atomic E-state index is 0.330. The van der Waals surface area contributed by atoms with E-state index >= 15 is 0 Å². The standard InChI is InChI=1S/C9H24N2O2Si/c1-8(7-11-5-4-10)6-9(14,12-2)13-3/h8,11H,4-7,10H2,1-3,14H3. The molecule has 0 fully saturated rings. The van der Waals surface area contributed by atoms with Gasteiger partial charge in [0.1, 0.15) is 5.41 Å². The maximum Gasteiger partial charge on any atom is 0.141 e. The molecule has 0 spiro atoms. The highest BCUT2D eigenvalue weighted by molar-refractivity contribution is 6.13. The van der Waals surface area contributed by atoms with E-state index in [4.69, 9.17) is 15.2 Å². The smallest absolute Gasteiger partial charge is 0.141 e. The van der Waals surface area contributed by atoms with Crippen LogP contribution in [0.3, 0.4) is 0 Å². The summed E-state index contributed by atoms with van der Waals surface area (Å²) < 4.78 is 10.7. The average Bonchev–Trinajstić information content (AvgIpc) is 2.18. The summed E-state index contributed by atoms with van der Waals surface area (Å²) in [6.07, 6.45) is 0.934. The van der Waals surface area contributed by atoms with Gasteiger partial charge in [0.2, 0.25) is 0 Å². The Morgan fingerprint density at radius 3 is 2.43 bits per heavy atom. The van der Waals surface area contributed by atoms with E-state index < -0.39 is 0 Å². The SMILES string of the molecule is COC([SiH3])(CC(C)CNCCN)OC. The summed E-state index contributed by atoms with van der Waals surface area (Å²) in [5.41, 5.74) is 5.06. The van der Waals surface area contributed by atoms with Gasteiger partial charge in [0, 0.05) is 27.3 Å². The predicted octanol–water partition coefficient (Wildman–Crippen LogP) is -1.13. The van der Waals surface area contributed by atoms with Gasteiger partial charge in [0.25, 0.3) is 0 Å². The average molecular weight is 220 g/mol. The van der Waals surface area contributed by atoms with Crippen molar-refractivity contribution in [2.24, 2.45) is 11.7 Å². The first-order valence-corrected chi connectivity index (χ1v) is 6.09. The Morgan fingerprint density at radius 1 is 1.43 bits per heavy atom. The van der Waals surface area contributed by atoms with Crippen LogP contribution in [0.4, 0.5) is 0 Å². The monoisotopic (exact) mass is 220 g/mol. The maximum atomic E-state index is 5.39. The molecule has 86 valence electrons. The second kappa shape index (κ2) is 7.36. The van der Waals surface area contributed by atoms with Crippen molar-refractivity contribution in [3.05, 3.63) is 0 Å². The lowest BCUT2D eigenvalue weighted by Crippen LogP contribution is -2.38. The number of nitrogens with one attached hydrogen (secondary N) is 1. The van der Waals surface area contributed by atoms with Crippen LogP contribution in [0.1, 0.15) is 13.3 Å². The normalized spacial score (nSPS) is 14.6. The fourth-order valence-electron chi connectivity index (χ4n) is 1.41. The van der Waals surface area contributed by atoms with E-state index in [0.29, 0.717) is 12.5 Å². The number of nitrogens with two attached hydrogens (primary N) is 1. The summed E-state index contributed by atoms with van der Waals surface area (Å²) in [4.78, 5) is 0. The van der Waals surface area contributed by atoms with Gasteiger partial charge in [-0.15, -0.1) is 0 Å². The number of methoxy groups -OCH3 is 2. The zero-order valence-electron chi connectivity index (χ0n) is 9.80. The molecule has 14 heavy (non-hydrogen) atoms.